The molecule has 0 aromatic heterocycles. The van der Waals surface area contributed by atoms with E-state index in [4.69, 9.17) is 0 Å². The topological polar surface area (TPSA) is 0 Å². The Balaban J connectivity index is 3.86. The fourth-order valence-electron chi connectivity index (χ4n) is 0.582. The summed E-state index contributed by atoms with van der Waals surface area (Å²) in [5, 5.41) is 1.03. The van der Waals surface area contributed by atoms with Crippen molar-refractivity contribution >= 4 is 15.9 Å². The van der Waals surface area contributed by atoms with Gasteiger partial charge in [0.2, 0.25) is 0 Å². The maximum absolute atomic E-state index is 3.42. The highest BCUT2D eigenvalue weighted by molar-refractivity contribution is 9.09. The normalized spacial score (nSPS) is 9.00. The summed E-state index contributed by atoms with van der Waals surface area (Å²) in [6, 6.07) is 0. The van der Waals surface area contributed by atoms with Gasteiger partial charge in [0, 0.05) is 5.33 Å². The molecule has 0 N–H and O–H groups in total. The van der Waals surface area contributed by atoms with Crippen molar-refractivity contribution in [1.29, 1.82) is 0 Å². The van der Waals surface area contributed by atoms with Crippen molar-refractivity contribution in [2.75, 3.05) is 5.33 Å². The van der Waals surface area contributed by atoms with Gasteiger partial charge in [0.05, 0.1) is 0 Å². The Hall–Kier alpha value is 0.220. The summed E-state index contributed by atoms with van der Waals surface area (Å²) in [6.07, 6.45) is 1.17. The van der Waals surface area contributed by atoms with Crippen LogP contribution in [0.25, 0.3) is 0 Å². The SMILES string of the molecule is CCC(CBr)=C(C)C. The third-order valence-corrected chi connectivity index (χ3v) is 1.97. The first-order valence-corrected chi connectivity index (χ1v) is 4.05. The molecule has 0 saturated heterocycles. The Kier molecular flexibility index (Phi) is 4.25. The number of alkyl halides is 1. The van der Waals surface area contributed by atoms with E-state index in [1.54, 1.807) is 0 Å². The van der Waals surface area contributed by atoms with Crippen LogP contribution in [-0.4, -0.2) is 5.33 Å². The number of halogens is 1. The van der Waals surface area contributed by atoms with Crippen LogP contribution < -0.4 is 0 Å². The number of hydrogen-bond donors (Lipinski definition) is 0. The van der Waals surface area contributed by atoms with Crippen molar-refractivity contribution in [3.8, 4) is 0 Å². The third-order valence-electron chi connectivity index (χ3n) is 1.30. The van der Waals surface area contributed by atoms with Gasteiger partial charge in [-0.05, 0) is 20.3 Å². The Labute approximate surface area is 60.1 Å². The molecule has 0 aromatic rings. The lowest BCUT2D eigenvalue weighted by Crippen LogP contribution is -1.83. The predicted molar refractivity (Wildman–Crippen MR) is 42.5 cm³/mol. The molecule has 0 aliphatic rings. The molecular weight excluding hydrogens is 164 g/mol. The molecule has 48 valence electrons. The van der Waals surface area contributed by atoms with E-state index in [9.17, 15) is 0 Å². The Morgan fingerprint density at radius 2 is 1.88 bits per heavy atom. The van der Waals surface area contributed by atoms with E-state index in [0.29, 0.717) is 0 Å². The molecule has 0 amide bonds. The van der Waals surface area contributed by atoms with Crippen LogP contribution in [-0.2, 0) is 0 Å². The summed E-state index contributed by atoms with van der Waals surface area (Å²) in [5.41, 5.74) is 2.97. The smallest absolute Gasteiger partial charge is 0.0244 e. The fraction of sp³-hybridized carbons (Fsp3) is 0.714. The first kappa shape index (κ1) is 8.22. The molecule has 8 heavy (non-hydrogen) atoms. The Morgan fingerprint density at radius 1 is 1.38 bits per heavy atom. The van der Waals surface area contributed by atoms with Crippen molar-refractivity contribution in [2.45, 2.75) is 27.2 Å². The summed E-state index contributed by atoms with van der Waals surface area (Å²) < 4.78 is 0. The van der Waals surface area contributed by atoms with Crippen LogP contribution in [0.15, 0.2) is 11.1 Å². The van der Waals surface area contributed by atoms with Crippen LogP contribution in [0.3, 0.4) is 0 Å². The largest absolute Gasteiger partial charge is 0.0880 e. The fourth-order valence-corrected chi connectivity index (χ4v) is 1.54. The van der Waals surface area contributed by atoms with Gasteiger partial charge in [-0.1, -0.05) is 34.0 Å². The van der Waals surface area contributed by atoms with Crippen molar-refractivity contribution in [3.05, 3.63) is 11.1 Å². The van der Waals surface area contributed by atoms with Gasteiger partial charge in [0.15, 0.2) is 0 Å². The zero-order valence-corrected chi connectivity index (χ0v) is 7.38. The van der Waals surface area contributed by atoms with Crippen LogP contribution in [0.2, 0.25) is 0 Å². The monoisotopic (exact) mass is 176 g/mol. The minimum absolute atomic E-state index is 1.03. The van der Waals surface area contributed by atoms with E-state index in [0.717, 1.165) is 5.33 Å². The number of hydrogen-bond acceptors (Lipinski definition) is 0. The average molecular weight is 177 g/mol. The summed E-state index contributed by atoms with van der Waals surface area (Å²) >= 11 is 3.42. The maximum Gasteiger partial charge on any atom is 0.0244 e. The van der Waals surface area contributed by atoms with E-state index in [1.165, 1.54) is 17.6 Å². The second-order valence-corrected chi connectivity index (χ2v) is 2.65. The second-order valence-electron chi connectivity index (χ2n) is 2.09. The second kappa shape index (κ2) is 4.13. The molecule has 0 unspecified atom stereocenters. The average Bonchev–Trinajstić information content (AvgIpc) is 1.69. The minimum Gasteiger partial charge on any atom is -0.0880 e. The molecule has 0 fully saturated rings. The predicted octanol–water partition coefficient (Wildman–Crippen LogP) is 3.13. The van der Waals surface area contributed by atoms with Crippen molar-refractivity contribution in [3.63, 3.8) is 0 Å². The Morgan fingerprint density at radius 3 is 1.88 bits per heavy atom. The standard InChI is InChI=1S/C7H13Br/c1-4-7(5-8)6(2)3/h4-5H2,1-3H3. The minimum atomic E-state index is 1.03. The molecule has 0 atom stereocenters. The molecule has 0 aliphatic heterocycles. The molecule has 0 nitrogen and oxygen atoms in total. The zero-order chi connectivity index (χ0) is 6.57. The molecule has 0 saturated carbocycles. The first-order valence-electron chi connectivity index (χ1n) is 2.93. The van der Waals surface area contributed by atoms with Gasteiger partial charge in [-0.3, -0.25) is 0 Å². The highest BCUT2D eigenvalue weighted by atomic mass is 79.9. The van der Waals surface area contributed by atoms with Gasteiger partial charge in [0.25, 0.3) is 0 Å². The summed E-state index contributed by atoms with van der Waals surface area (Å²) in [4.78, 5) is 0. The van der Waals surface area contributed by atoms with Crippen LogP contribution in [0, 0.1) is 0 Å². The summed E-state index contributed by atoms with van der Waals surface area (Å²) in [5.74, 6) is 0. The lowest BCUT2D eigenvalue weighted by Gasteiger charge is -1.99. The molecule has 0 aromatic carbocycles. The summed E-state index contributed by atoms with van der Waals surface area (Å²) in [7, 11) is 0. The van der Waals surface area contributed by atoms with Crippen molar-refractivity contribution < 1.29 is 0 Å². The molecule has 0 bridgehead atoms. The van der Waals surface area contributed by atoms with E-state index in [2.05, 4.69) is 36.7 Å². The number of allylic oxidation sites excluding steroid dienone is 2. The number of rotatable bonds is 2. The van der Waals surface area contributed by atoms with Crippen molar-refractivity contribution in [2.24, 2.45) is 0 Å². The van der Waals surface area contributed by atoms with Gasteiger partial charge in [-0.25, -0.2) is 0 Å². The maximum atomic E-state index is 3.42. The third kappa shape index (κ3) is 2.51. The highest BCUT2D eigenvalue weighted by Gasteiger charge is 1.90. The zero-order valence-electron chi connectivity index (χ0n) is 5.79. The molecule has 1 heteroatoms. The van der Waals surface area contributed by atoms with E-state index >= 15 is 0 Å². The van der Waals surface area contributed by atoms with E-state index in [-0.39, 0.29) is 0 Å². The Bertz CT molecular complexity index is 82.6. The van der Waals surface area contributed by atoms with Crippen LogP contribution in [0.1, 0.15) is 27.2 Å². The van der Waals surface area contributed by atoms with Crippen LogP contribution in [0.4, 0.5) is 0 Å². The molecular formula is C7H13Br. The lowest BCUT2D eigenvalue weighted by atomic mass is 10.1. The van der Waals surface area contributed by atoms with Gasteiger partial charge >= 0.3 is 0 Å². The molecule has 0 spiro atoms. The summed E-state index contributed by atoms with van der Waals surface area (Å²) in [6.45, 7) is 6.49. The van der Waals surface area contributed by atoms with E-state index < -0.39 is 0 Å². The van der Waals surface area contributed by atoms with Gasteiger partial charge < -0.3 is 0 Å². The van der Waals surface area contributed by atoms with Gasteiger partial charge in [0.1, 0.15) is 0 Å². The van der Waals surface area contributed by atoms with Crippen molar-refractivity contribution in [1.82, 2.24) is 0 Å². The molecule has 0 rings (SSSR count). The first-order chi connectivity index (χ1) is 3.72. The lowest BCUT2D eigenvalue weighted by molar-refractivity contribution is 1.06. The molecule has 0 radical (unpaired) electrons. The highest BCUT2D eigenvalue weighted by Crippen LogP contribution is 2.09. The van der Waals surface area contributed by atoms with Gasteiger partial charge in [-0.2, -0.15) is 0 Å². The van der Waals surface area contributed by atoms with Crippen LogP contribution >= 0.6 is 15.9 Å². The van der Waals surface area contributed by atoms with E-state index in [1.807, 2.05) is 0 Å². The van der Waals surface area contributed by atoms with Crippen LogP contribution in [0.5, 0.6) is 0 Å². The molecule has 0 heterocycles. The van der Waals surface area contributed by atoms with Gasteiger partial charge in [-0.15, -0.1) is 0 Å². The molecule has 0 aliphatic carbocycles. The quantitative estimate of drug-likeness (QED) is 0.449.